The Hall–Kier alpha value is -1.42. The second kappa shape index (κ2) is 5.80. The summed E-state index contributed by atoms with van der Waals surface area (Å²) in [7, 11) is 0. The van der Waals surface area contributed by atoms with Gasteiger partial charge in [-0.3, -0.25) is 4.79 Å². The number of rotatable bonds is 5. The number of halogens is 1. The van der Waals surface area contributed by atoms with Crippen LogP contribution in [0.3, 0.4) is 0 Å². The standard InChI is InChI=1S/C21H28FNO2/c1-2-19-9-16-10-20(12-19,14-21(25,11-16)13-19)18(24)23-8-7-15-3-5-17(22)6-4-15/h3-6,16,25H,2,7-14H2,1H3,(H,23,24). The topological polar surface area (TPSA) is 49.3 Å². The van der Waals surface area contributed by atoms with Crippen molar-refractivity contribution in [3.05, 3.63) is 35.6 Å². The fraction of sp³-hybridized carbons (Fsp3) is 0.667. The van der Waals surface area contributed by atoms with E-state index >= 15 is 0 Å². The maximum absolute atomic E-state index is 13.1. The zero-order valence-electron chi connectivity index (χ0n) is 15.0. The van der Waals surface area contributed by atoms with E-state index in [1.807, 2.05) is 0 Å². The van der Waals surface area contributed by atoms with Crippen molar-refractivity contribution >= 4 is 5.91 Å². The zero-order valence-corrected chi connectivity index (χ0v) is 15.0. The Morgan fingerprint density at radius 1 is 1.20 bits per heavy atom. The van der Waals surface area contributed by atoms with Crippen LogP contribution in [0.2, 0.25) is 0 Å². The van der Waals surface area contributed by atoms with E-state index in [0.29, 0.717) is 25.3 Å². The first kappa shape index (κ1) is 17.0. The van der Waals surface area contributed by atoms with Gasteiger partial charge in [0.15, 0.2) is 0 Å². The minimum Gasteiger partial charge on any atom is -0.390 e. The van der Waals surface area contributed by atoms with Crippen LogP contribution >= 0.6 is 0 Å². The van der Waals surface area contributed by atoms with Gasteiger partial charge in [0.05, 0.1) is 11.0 Å². The fourth-order valence-corrected chi connectivity index (χ4v) is 6.39. The number of benzene rings is 1. The van der Waals surface area contributed by atoms with Crippen LogP contribution in [0.5, 0.6) is 0 Å². The van der Waals surface area contributed by atoms with Gasteiger partial charge in [-0.1, -0.05) is 25.5 Å². The summed E-state index contributed by atoms with van der Waals surface area (Å²) in [5, 5.41) is 14.1. The Balaban J connectivity index is 1.43. The molecule has 4 fully saturated rings. The van der Waals surface area contributed by atoms with Gasteiger partial charge in [-0.2, -0.15) is 0 Å². The molecule has 0 radical (unpaired) electrons. The molecule has 4 aliphatic rings. The van der Waals surface area contributed by atoms with E-state index < -0.39 is 5.60 Å². The van der Waals surface area contributed by atoms with Crippen LogP contribution in [0.15, 0.2) is 24.3 Å². The zero-order chi connectivity index (χ0) is 17.7. The number of hydrogen-bond donors (Lipinski definition) is 2. The van der Waals surface area contributed by atoms with Crippen molar-refractivity contribution in [2.24, 2.45) is 16.7 Å². The highest BCUT2D eigenvalue weighted by molar-refractivity contribution is 5.83. The second-order valence-corrected chi connectivity index (χ2v) is 9.00. The Kier molecular flexibility index (Phi) is 3.95. The summed E-state index contributed by atoms with van der Waals surface area (Å²) in [4.78, 5) is 13.1. The Morgan fingerprint density at radius 2 is 1.96 bits per heavy atom. The van der Waals surface area contributed by atoms with Crippen molar-refractivity contribution in [1.29, 1.82) is 0 Å². The molecule has 1 amide bonds. The summed E-state index contributed by atoms with van der Waals surface area (Å²) in [6.07, 6.45) is 7.16. The predicted molar refractivity (Wildman–Crippen MR) is 94.4 cm³/mol. The molecule has 4 unspecified atom stereocenters. The Labute approximate surface area is 149 Å². The molecule has 4 bridgehead atoms. The Morgan fingerprint density at radius 3 is 2.64 bits per heavy atom. The molecule has 0 aromatic heterocycles. The summed E-state index contributed by atoms with van der Waals surface area (Å²) in [5.74, 6) is 0.374. The molecule has 0 aliphatic heterocycles. The van der Waals surface area contributed by atoms with Crippen molar-refractivity contribution in [2.75, 3.05) is 6.54 Å². The van der Waals surface area contributed by atoms with Gasteiger partial charge < -0.3 is 10.4 Å². The number of carbonyl (C=O) groups excluding carboxylic acids is 1. The van der Waals surface area contributed by atoms with Crippen molar-refractivity contribution in [3.8, 4) is 0 Å². The van der Waals surface area contributed by atoms with E-state index in [2.05, 4.69) is 12.2 Å². The summed E-state index contributed by atoms with van der Waals surface area (Å²) < 4.78 is 13.0. The van der Waals surface area contributed by atoms with Crippen molar-refractivity contribution < 1.29 is 14.3 Å². The summed E-state index contributed by atoms with van der Waals surface area (Å²) in [5.41, 5.74) is 0.162. The van der Waals surface area contributed by atoms with Gasteiger partial charge in [-0.15, -0.1) is 0 Å². The highest BCUT2D eigenvalue weighted by Crippen LogP contribution is 2.67. The largest absolute Gasteiger partial charge is 0.390 e. The van der Waals surface area contributed by atoms with Gasteiger partial charge in [-0.05, 0) is 74.0 Å². The molecule has 4 aliphatic carbocycles. The van der Waals surface area contributed by atoms with E-state index in [1.165, 1.54) is 18.6 Å². The smallest absolute Gasteiger partial charge is 0.226 e. The molecule has 4 saturated carbocycles. The van der Waals surface area contributed by atoms with Gasteiger partial charge in [0.1, 0.15) is 5.82 Å². The van der Waals surface area contributed by atoms with Crippen molar-refractivity contribution in [3.63, 3.8) is 0 Å². The van der Waals surface area contributed by atoms with Crippen LogP contribution < -0.4 is 5.32 Å². The first-order valence-corrected chi connectivity index (χ1v) is 9.61. The highest BCUT2D eigenvalue weighted by atomic mass is 19.1. The first-order valence-electron chi connectivity index (χ1n) is 9.61. The summed E-state index contributed by atoms with van der Waals surface area (Å²) in [6, 6.07) is 6.44. The molecule has 0 spiro atoms. The van der Waals surface area contributed by atoms with Gasteiger partial charge >= 0.3 is 0 Å². The maximum atomic E-state index is 13.1. The average molecular weight is 345 g/mol. The SMILES string of the molecule is CCC12CC3CC(O)(C1)CC(C(=O)NCCc1ccc(F)cc1)(C3)C2. The van der Waals surface area contributed by atoms with Gasteiger partial charge in [0.2, 0.25) is 5.91 Å². The molecule has 4 atom stereocenters. The molecular formula is C21H28FNO2. The highest BCUT2D eigenvalue weighted by Gasteiger charge is 2.64. The maximum Gasteiger partial charge on any atom is 0.226 e. The molecule has 136 valence electrons. The molecule has 0 saturated heterocycles. The predicted octanol–water partition coefficient (Wildman–Crippen LogP) is 3.60. The molecule has 1 aromatic carbocycles. The van der Waals surface area contributed by atoms with Crippen LogP contribution in [0, 0.1) is 22.6 Å². The molecule has 5 rings (SSSR count). The molecular weight excluding hydrogens is 317 g/mol. The van der Waals surface area contributed by atoms with Gasteiger partial charge in [-0.25, -0.2) is 4.39 Å². The molecule has 3 nitrogen and oxygen atoms in total. The third-order valence-corrected chi connectivity index (χ3v) is 7.00. The van der Waals surface area contributed by atoms with Crippen LogP contribution in [0.4, 0.5) is 4.39 Å². The lowest BCUT2D eigenvalue weighted by atomic mass is 9.42. The van der Waals surface area contributed by atoms with Gasteiger partial charge in [0, 0.05) is 6.54 Å². The number of amides is 1. The van der Waals surface area contributed by atoms with E-state index in [1.54, 1.807) is 12.1 Å². The number of carbonyl (C=O) groups is 1. The lowest BCUT2D eigenvalue weighted by Crippen LogP contribution is -2.63. The van der Waals surface area contributed by atoms with E-state index in [-0.39, 0.29) is 22.6 Å². The molecule has 2 N–H and O–H groups in total. The molecule has 4 heteroatoms. The van der Waals surface area contributed by atoms with Crippen LogP contribution in [0.1, 0.15) is 57.4 Å². The number of nitrogens with one attached hydrogen (secondary N) is 1. The van der Waals surface area contributed by atoms with E-state index in [9.17, 15) is 14.3 Å². The molecule has 1 aromatic rings. The van der Waals surface area contributed by atoms with Crippen LogP contribution in [-0.2, 0) is 11.2 Å². The van der Waals surface area contributed by atoms with Gasteiger partial charge in [0.25, 0.3) is 0 Å². The molecule has 0 heterocycles. The minimum absolute atomic E-state index is 0.120. The quantitative estimate of drug-likeness (QED) is 0.857. The number of hydrogen-bond acceptors (Lipinski definition) is 2. The monoisotopic (exact) mass is 345 g/mol. The lowest BCUT2D eigenvalue weighted by Gasteiger charge is -2.64. The van der Waals surface area contributed by atoms with Crippen LogP contribution in [0.25, 0.3) is 0 Å². The second-order valence-electron chi connectivity index (χ2n) is 9.00. The third-order valence-electron chi connectivity index (χ3n) is 7.00. The summed E-state index contributed by atoms with van der Waals surface area (Å²) >= 11 is 0. The van der Waals surface area contributed by atoms with Crippen molar-refractivity contribution in [2.45, 2.75) is 63.9 Å². The third kappa shape index (κ3) is 2.99. The number of aliphatic hydroxyl groups is 1. The van der Waals surface area contributed by atoms with Crippen LogP contribution in [-0.4, -0.2) is 23.2 Å². The van der Waals surface area contributed by atoms with E-state index in [0.717, 1.165) is 37.7 Å². The van der Waals surface area contributed by atoms with E-state index in [4.69, 9.17) is 0 Å². The minimum atomic E-state index is -0.635. The fourth-order valence-electron chi connectivity index (χ4n) is 6.39. The molecule has 25 heavy (non-hydrogen) atoms. The lowest BCUT2D eigenvalue weighted by molar-refractivity contribution is -0.204. The normalized spacial score (nSPS) is 38.8. The average Bonchev–Trinajstić information content (AvgIpc) is 2.54. The Bertz CT molecular complexity index is 675. The first-order chi connectivity index (χ1) is 11.9. The van der Waals surface area contributed by atoms with Crippen molar-refractivity contribution in [1.82, 2.24) is 5.32 Å². The summed E-state index contributed by atoms with van der Waals surface area (Å²) in [6.45, 7) is 2.77.